The van der Waals surface area contributed by atoms with Crippen LogP contribution in [0.1, 0.15) is 45.4 Å². The van der Waals surface area contributed by atoms with Crippen LogP contribution in [0.25, 0.3) is 0 Å². The number of halogens is 1. The van der Waals surface area contributed by atoms with Crippen LogP contribution in [0, 0.1) is 0 Å². The van der Waals surface area contributed by atoms with E-state index in [9.17, 15) is 9.59 Å². The fraction of sp³-hybridized carbons (Fsp3) is 0.846. The van der Waals surface area contributed by atoms with Gasteiger partial charge >= 0.3 is 0 Å². The Kier molecular flexibility index (Phi) is 6.07. The number of nitrogens with zero attached hydrogens (tertiary/aromatic N) is 1. The first-order valence-electron chi connectivity index (χ1n) is 6.93. The average molecular weight is 290 g/mol. The van der Waals surface area contributed by atoms with Crippen molar-refractivity contribution in [2.75, 3.05) is 6.54 Å². The summed E-state index contributed by atoms with van der Waals surface area (Å²) in [5.41, 5.74) is 5.66. The van der Waals surface area contributed by atoms with Crippen LogP contribution in [0.5, 0.6) is 0 Å². The molecule has 1 saturated carbocycles. The maximum absolute atomic E-state index is 12.1. The van der Waals surface area contributed by atoms with Gasteiger partial charge in [0, 0.05) is 25.0 Å². The highest BCUT2D eigenvalue weighted by Crippen LogP contribution is 2.23. The molecule has 2 fully saturated rings. The van der Waals surface area contributed by atoms with E-state index >= 15 is 0 Å². The Balaban J connectivity index is 0.00000180. The Morgan fingerprint density at radius 2 is 2.05 bits per heavy atom. The molecular formula is C13H24ClN3O2. The molecule has 0 aromatic carbocycles. The van der Waals surface area contributed by atoms with E-state index in [1.54, 1.807) is 4.90 Å². The summed E-state index contributed by atoms with van der Waals surface area (Å²) in [6.45, 7) is 2.61. The summed E-state index contributed by atoms with van der Waals surface area (Å²) in [5.74, 6) is 0.102. The van der Waals surface area contributed by atoms with Crippen molar-refractivity contribution in [3.63, 3.8) is 0 Å². The lowest BCUT2D eigenvalue weighted by molar-refractivity contribution is -0.138. The van der Waals surface area contributed by atoms with Gasteiger partial charge in [-0.1, -0.05) is 0 Å². The molecule has 0 aromatic rings. The van der Waals surface area contributed by atoms with Crippen LogP contribution in [0.3, 0.4) is 0 Å². The summed E-state index contributed by atoms with van der Waals surface area (Å²) in [6, 6.07) is 0.153. The number of carbonyl (C=O) groups is 2. The van der Waals surface area contributed by atoms with Crippen LogP contribution in [-0.4, -0.2) is 41.4 Å². The van der Waals surface area contributed by atoms with E-state index in [2.05, 4.69) is 5.32 Å². The predicted molar refractivity (Wildman–Crippen MR) is 76.0 cm³/mol. The molecule has 2 rings (SSSR count). The molecule has 1 aliphatic heterocycles. The molecule has 1 saturated heterocycles. The van der Waals surface area contributed by atoms with Gasteiger partial charge in [0.2, 0.25) is 11.8 Å². The van der Waals surface area contributed by atoms with E-state index in [0.29, 0.717) is 25.4 Å². The number of likely N-dealkylation sites (tertiary alicyclic amines) is 1. The Labute approximate surface area is 120 Å². The van der Waals surface area contributed by atoms with Gasteiger partial charge in [-0.05, 0) is 39.0 Å². The van der Waals surface area contributed by atoms with E-state index in [4.69, 9.17) is 5.73 Å². The molecule has 6 heteroatoms. The van der Waals surface area contributed by atoms with Crippen LogP contribution in [0.4, 0.5) is 0 Å². The van der Waals surface area contributed by atoms with Crippen molar-refractivity contribution in [3.05, 3.63) is 0 Å². The van der Waals surface area contributed by atoms with E-state index in [0.717, 1.165) is 25.7 Å². The minimum Gasteiger partial charge on any atom is -0.352 e. The van der Waals surface area contributed by atoms with Crippen LogP contribution >= 0.6 is 12.4 Å². The van der Waals surface area contributed by atoms with Crippen molar-refractivity contribution in [2.45, 2.75) is 63.6 Å². The zero-order valence-corrected chi connectivity index (χ0v) is 12.2. The summed E-state index contributed by atoms with van der Waals surface area (Å²) < 4.78 is 0. The summed E-state index contributed by atoms with van der Waals surface area (Å²) in [4.78, 5) is 25.8. The van der Waals surface area contributed by atoms with Gasteiger partial charge in [-0.15, -0.1) is 12.4 Å². The van der Waals surface area contributed by atoms with E-state index in [1.165, 1.54) is 0 Å². The molecule has 1 heterocycles. The molecule has 2 atom stereocenters. The van der Waals surface area contributed by atoms with Gasteiger partial charge in [0.05, 0.1) is 0 Å². The first-order valence-corrected chi connectivity index (χ1v) is 6.93. The lowest BCUT2D eigenvalue weighted by Gasteiger charge is -2.24. The third-order valence-corrected chi connectivity index (χ3v) is 3.61. The molecule has 19 heavy (non-hydrogen) atoms. The molecule has 2 aliphatic rings. The SMILES string of the molecule is CC(N)CCC(=O)N1CCCC1C(=O)NC1CC1.Cl. The minimum atomic E-state index is -0.244. The van der Waals surface area contributed by atoms with E-state index < -0.39 is 0 Å². The first-order chi connectivity index (χ1) is 8.58. The van der Waals surface area contributed by atoms with Crippen molar-refractivity contribution in [1.82, 2.24) is 10.2 Å². The fourth-order valence-corrected chi connectivity index (χ4v) is 2.36. The molecule has 2 unspecified atom stereocenters. The van der Waals surface area contributed by atoms with Gasteiger partial charge in [0.1, 0.15) is 6.04 Å². The molecule has 0 radical (unpaired) electrons. The zero-order valence-electron chi connectivity index (χ0n) is 11.4. The molecule has 0 spiro atoms. The van der Waals surface area contributed by atoms with Gasteiger partial charge in [-0.3, -0.25) is 9.59 Å². The smallest absolute Gasteiger partial charge is 0.243 e. The van der Waals surface area contributed by atoms with Crippen molar-refractivity contribution >= 4 is 24.2 Å². The van der Waals surface area contributed by atoms with Gasteiger partial charge in [0.25, 0.3) is 0 Å². The molecule has 110 valence electrons. The zero-order chi connectivity index (χ0) is 13.1. The summed E-state index contributed by atoms with van der Waals surface area (Å²) in [7, 11) is 0. The topological polar surface area (TPSA) is 75.4 Å². The number of nitrogens with one attached hydrogen (secondary N) is 1. The second-order valence-electron chi connectivity index (χ2n) is 5.54. The van der Waals surface area contributed by atoms with Crippen LogP contribution in [0.15, 0.2) is 0 Å². The predicted octanol–water partition coefficient (Wildman–Crippen LogP) is 0.805. The van der Waals surface area contributed by atoms with Crippen LogP contribution in [0.2, 0.25) is 0 Å². The quantitative estimate of drug-likeness (QED) is 0.786. The summed E-state index contributed by atoms with van der Waals surface area (Å²) >= 11 is 0. The standard InChI is InChI=1S/C13H23N3O2.ClH/c1-9(14)4-7-12(17)16-8-2-3-11(16)13(18)15-10-5-6-10;/h9-11H,2-8,14H2,1H3,(H,15,18);1H. The molecule has 3 N–H and O–H groups in total. The highest BCUT2D eigenvalue weighted by Gasteiger charge is 2.36. The number of nitrogens with two attached hydrogens (primary N) is 1. The molecule has 0 aromatic heterocycles. The first kappa shape index (κ1) is 16.2. The Morgan fingerprint density at radius 1 is 1.37 bits per heavy atom. The van der Waals surface area contributed by atoms with Gasteiger partial charge in [0.15, 0.2) is 0 Å². The molecule has 1 aliphatic carbocycles. The third kappa shape index (κ3) is 4.66. The number of hydrogen-bond donors (Lipinski definition) is 2. The van der Waals surface area contributed by atoms with Crippen molar-refractivity contribution in [1.29, 1.82) is 0 Å². The molecule has 5 nitrogen and oxygen atoms in total. The Morgan fingerprint density at radius 3 is 2.63 bits per heavy atom. The Hall–Kier alpha value is -0.810. The number of rotatable bonds is 5. The minimum absolute atomic E-state index is 0. The van der Waals surface area contributed by atoms with Crippen LogP contribution < -0.4 is 11.1 Å². The second kappa shape index (κ2) is 7.10. The average Bonchev–Trinajstić information content (AvgIpc) is 2.98. The maximum Gasteiger partial charge on any atom is 0.243 e. The summed E-state index contributed by atoms with van der Waals surface area (Å²) in [5, 5.41) is 2.99. The molecule has 0 bridgehead atoms. The third-order valence-electron chi connectivity index (χ3n) is 3.61. The number of carbonyl (C=O) groups excluding carboxylic acids is 2. The lowest BCUT2D eigenvalue weighted by atomic mass is 10.1. The van der Waals surface area contributed by atoms with E-state index in [1.807, 2.05) is 6.92 Å². The van der Waals surface area contributed by atoms with Crippen molar-refractivity contribution in [3.8, 4) is 0 Å². The van der Waals surface area contributed by atoms with Crippen molar-refractivity contribution in [2.24, 2.45) is 5.73 Å². The van der Waals surface area contributed by atoms with Crippen molar-refractivity contribution < 1.29 is 9.59 Å². The summed E-state index contributed by atoms with van der Waals surface area (Å²) in [6.07, 6.45) is 5.01. The highest BCUT2D eigenvalue weighted by molar-refractivity contribution is 5.88. The normalized spacial score (nSPS) is 23.7. The second-order valence-corrected chi connectivity index (χ2v) is 5.54. The Bertz CT molecular complexity index is 332. The highest BCUT2D eigenvalue weighted by atomic mass is 35.5. The molecule has 2 amide bonds. The number of amides is 2. The van der Waals surface area contributed by atoms with Gasteiger partial charge in [-0.2, -0.15) is 0 Å². The number of hydrogen-bond acceptors (Lipinski definition) is 3. The fourth-order valence-electron chi connectivity index (χ4n) is 2.36. The van der Waals surface area contributed by atoms with Crippen LogP contribution in [-0.2, 0) is 9.59 Å². The van der Waals surface area contributed by atoms with E-state index in [-0.39, 0.29) is 36.3 Å². The maximum atomic E-state index is 12.1. The van der Waals surface area contributed by atoms with Gasteiger partial charge < -0.3 is 16.0 Å². The monoisotopic (exact) mass is 289 g/mol. The largest absolute Gasteiger partial charge is 0.352 e. The molecular weight excluding hydrogens is 266 g/mol. The lowest BCUT2D eigenvalue weighted by Crippen LogP contribution is -2.46. The van der Waals surface area contributed by atoms with Gasteiger partial charge in [-0.25, -0.2) is 0 Å².